The van der Waals surface area contributed by atoms with Crippen molar-refractivity contribution in [3.8, 4) is 0 Å². The molecule has 2 aromatic rings. The SMILES string of the molecule is Cc1nc(CNc2c(N)c(C(C)C)nn2C)no1. The predicted molar refractivity (Wildman–Crippen MR) is 68.1 cm³/mol. The number of rotatable bonds is 4. The summed E-state index contributed by atoms with van der Waals surface area (Å²) in [6.45, 7) is 6.33. The van der Waals surface area contributed by atoms with Crippen LogP contribution in [-0.4, -0.2) is 19.9 Å². The van der Waals surface area contributed by atoms with Crippen molar-refractivity contribution in [2.45, 2.75) is 33.2 Å². The molecule has 0 atom stereocenters. The van der Waals surface area contributed by atoms with Gasteiger partial charge in [0.05, 0.1) is 17.9 Å². The standard InChI is InChI=1S/C11H18N6O/c1-6(2)10-9(12)11(17(4)15-10)13-5-8-14-7(3)18-16-8/h6,13H,5,12H2,1-4H3. The number of nitrogen functional groups attached to an aromatic ring is 1. The zero-order chi connectivity index (χ0) is 13.3. The summed E-state index contributed by atoms with van der Waals surface area (Å²) in [7, 11) is 1.85. The summed E-state index contributed by atoms with van der Waals surface area (Å²) >= 11 is 0. The highest BCUT2D eigenvalue weighted by Gasteiger charge is 2.16. The Morgan fingerprint density at radius 1 is 1.44 bits per heavy atom. The fourth-order valence-electron chi connectivity index (χ4n) is 1.77. The van der Waals surface area contributed by atoms with E-state index < -0.39 is 0 Å². The molecule has 2 heterocycles. The third-order valence-electron chi connectivity index (χ3n) is 2.64. The Balaban J connectivity index is 2.14. The normalized spacial score (nSPS) is 11.2. The molecule has 0 amide bonds. The highest BCUT2D eigenvalue weighted by atomic mass is 16.5. The smallest absolute Gasteiger partial charge is 0.223 e. The maximum absolute atomic E-state index is 6.06. The van der Waals surface area contributed by atoms with E-state index in [-0.39, 0.29) is 0 Å². The Hall–Kier alpha value is -2.05. The van der Waals surface area contributed by atoms with Crippen molar-refractivity contribution in [2.75, 3.05) is 11.1 Å². The molecule has 2 rings (SSSR count). The number of hydrogen-bond acceptors (Lipinski definition) is 6. The van der Waals surface area contributed by atoms with Gasteiger partial charge in [-0.05, 0) is 5.92 Å². The first-order valence-electron chi connectivity index (χ1n) is 5.84. The topological polar surface area (TPSA) is 94.8 Å². The minimum atomic E-state index is 0.291. The number of nitrogens with one attached hydrogen (secondary N) is 1. The Morgan fingerprint density at radius 2 is 2.17 bits per heavy atom. The molecular formula is C11H18N6O. The quantitative estimate of drug-likeness (QED) is 0.852. The molecule has 0 spiro atoms. The summed E-state index contributed by atoms with van der Waals surface area (Å²) in [5, 5.41) is 11.4. The van der Waals surface area contributed by atoms with Crippen LogP contribution < -0.4 is 11.1 Å². The van der Waals surface area contributed by atoms with Gasteiger partial charge in [-0.25, -0.2) is 0 Å². The van der Waals surface area contributed by atoms with Crippen LogP contribution in [0.4, 0.5) is 11.5 Å². The second-order valence-electron chi connectivity index (χ2n) is 4.51. The highest BCUT2D eigenvalue weighted by Crippen LogP contribution is 2.27. The lowest BCUT2D eigenvalue weighted by molar-refractivity contribution is 0.388. The van der Waals surface area contributed by atoms with Gasteiger partial charge in [0.2, 0.25) is 5.89 Å². The molecule has 0 radical (unpaired) electrons. The minimum absolute atomic E-state index is 0.291. The van der Waals surface area contributed by atoms with Crippen molar-refractivity contribution < 1.29 is 4.52 Å². The number of anilines is 2. The van der Waals surface area contributed by atoms with Crippen LogP contribution in [0.3, 0.4) is 0 Å². The zero-order valence-electron chi connectivity index (χ0n) is 11.1. The van der Waals surface area contributed by atoms with Crippen LogP contribution in [0.15, 0.2) is 4.52 Å². The van der Waals surface area contributed by atoms with Gasteiger partial charge >= 0.3 is 0 Å². The molecule has 0 aliphatic carbocycles. The average molecular weight is 250 g/mol. The molecule has 0 aliphatic heterocycles. The summed E-state index contributed by atoms with van der Waals surface area (Å²) < 4.78 is 6.64. The number of aromatic nitrogens is 4. The lowest BCUT2D eigenvalue weighted by Crippen LogP contribution is -2.07. The van der Waals surface area contributed by atoms with E-state index in [0.29, 0.717) is 29.9 Å². The van der Waals surface area contributed by atoms with Gasteiger partial charge in [0.25, 0.3) is 0 Å². The van der Waals surface area contributed by atoms with Crippen molar-refractivity contribution in [3.63, 3.8) is 0 Å². The van der Waals surface area contributed by atoms with Gasteiger partial charge in [-0.1, -0.05) is 19.0 Å². The Bertz CT molecular complexity index is 542. The van der Waals surface area contributed by atoms with E-state index in [0.717, 1.165) is 11.5 Å². The number of nitrogens with zero attached hydrogens (tertiary/aromatic N) is 4. The zero-order valence-corrected chi connectivity index (χ0v) is 11.1. The molecular weight excluding hydrogens is 232 g/mol. The second-order valence-corrected chi connectivity index (χ2v) is 4.51. The van der Waals surface area contributed by atoms with Crippen LogP contribution in [0.5, 0.6) is 0 Å². The van der Waals surface area contributed by atoms with Gasteiger partial charge in [-0.3, -0.25) is 4.68 Å². The molecule has 0 aliphatic rings. The van der Waals surface area contributed by atoms with Crippen LogP contribution in [-0.2, 0) is 13.6 Å². The fourth-order valence-corrected chi connectivity index (χ4v) is 1.77. The molecule has 18 heavy (non-hydrogen) atoms. The van der Waals surface area contributed by atoms with Crippen molar-refractivity contribution in [2.24, 2.45) is 7.05 Å². The van der Waals surface area contributed by atoms with E-state index in [2.05, 4.69) is 34.4 Å². The lowest BCUT2D eigenvalue weighted by atomic mass is 10.1. The molecule has 0 unspecified atom stereocenters. The van der Waals surface area contributed by atoms with E-state index >= 15 is 0 Å². The van der Waals surface area contributed by atoms with Crippen molar-refractivity contribution in [1.29, 1.82) is 0 Å². The van der Waals surface area contributed by atoms with Crippen molar-refractivity contribution in [1.82, 2.24) is 19.9 Å². The minimum Gasteiger partial charge on any atom is -0.394 e. The summed E-state index contributed by atoms with van der Waals surface area (Å²) in [4.78, 5) is 4.12. The van der Waals surface area contributed by atoms with Crippen LogP contribution in [0.25, 0.3) is 0 Å². The first-order valence-corrected chi connectivity index (χ1v) is 5.84. The number of aryl methyl sites for hydroxylation is 2. The van der Waals surface area contributed by atoms with E-state index in [4.69, 9.17) is 10.3 Å². The van der Waals surface area contributed by atoms with Crippen LogP contribution in [0.2, 0.25) is 0 Å². The summed E-state index contributed by atoms with van der Waals surface area (Å²) in [5.41, 5.74) is 7.63. The molecule has 7 nitrogen and oxygen atoms in total. The van der Waals surface area contributed by atoms with E-state index in [1.54, 1.807) is 11.6 Å². The van der Waals surface area contributed by atoms with Crippen LogP contribution in [0, 0.1) is 6.92 Å². The van der Waals surface area contributed by atoms with Gasteiger partial charge in [0.1, 0.15) is 5.82 Å². The number of hydrogen-bond donors (Lipinski definition) is 2. The maximum Gasteiger partial charge on any atom is 0.223 e. The van der Waals surface area contributed by atoms with Crippen LogP contribution in [0.1, 0.15) is 37.2 Å². The van der Waals surface area contributed by atoms with Crippen molar-refractivity contribution >= 4 is 11.5 Å². The Labute approximate surface area is 105 Å². The summed E-state index contributed by atoms with van der Waals surface area (Å²) in [6, 6.07) is 0. The van der Waals surface area contributed by atoms with Gasteiger partial charge in [0.15, 0.2) is 5.82 Å². The largest absolute Gasteiger partial charge is 0.394 e. The fraction of sp³-hybridized carbons (Fsp3) is 0.545. The molecule has 0 saturated heterocycles. The first kappa shape index (κ1) is 12.4. The monoisotopic (exact) mass is 250 g/mol. The Morgan fingerprint density at radius 3 is 2.67 bits per heavy atom. The first-order chi connectivity index (χ1) is 8.49. The lowest BCUT2D eigenvalue weighted by Gasteiger charge is -2.05. The predicted octanol–water partition coefficient (Wildman–Crippen LogP) is 1.43. The summed E-state index contributed by atoms with van der Waals surface area (Å²) in [6.07, 6.45) is 0. The molecule has 3 N–H and O–H groups in total. The molecule has 0 bridgehead atoms. The maximum atomic E-state index is 6.06. The molecule has 0 aromatic carbocycles. The van der Waals surface area contributed by atoms with E-state index in [9.17, 15) is 0 Å². The third-order valence-corrected chi connectivity index (χ3v) is 2.64. The molecule has 2 aromatic heterocycles. The third kappa shape index (κ3) is 2.29. The molecule has 7 heteroatoms. The van der Waals surface area contributed by atoms with Gasteiger partial charge in [0, 0.05) is 14.0 Å². The molecule has 98 valence electrons. The molecule has 0 fully saturated rings. The van der Waals surface area contributed by atoms with Crippen LogP contribution >= 0.6 is 0 Å². The van der Waals surface area contributed by atoms with E-state index in [1.807, 2.05) is 7.05 Å². The average Bonchev–Trinajstić information content (AvgIpc) is 2.82. The Kier molecular flexibility index (Phi) is 3.22. The van der Waals surface area contributed by atoms with Gasteiger partial charge < -0.3 is 15.6 Å². The van der Waals surface area contributed by atoms with Gasteiger partial charge in [-0.15, -0.1) is 0 Å². The summed E-state index contributed by atoms with van der Waals surface area (Å²) in [5.74, 6) is 2.21. The van der Waals surface area contributed by atoms with Gasteiger partial charge in [-0.2, -0.15) is 10.1 Å². The van der Waals surface area contributed by atoms with Crippen molar-refractivity contribution in [3.05, 3.63) is 17.4 Å². The van der Waals surface area contributed by atoms with E-state index in [1.165, 1.54) is 0 Å². The molecule has 0 saturated carbocycles. The number of nitrogens with two attached hydrogens (primary N) is 1. The second kappa shape index (κ2) is 4.67. The highest BCUT2D eigenvalue weighted by molar-refractivity contribution is 5.65.